The van der Waals surface area contributed by atoms with E-state index in [1.807, 2.05) is 43.1 Å². The van der Waals surface area contributed by atoms with Gasteiger partial charge in [0.2, 0.25) is 0 Å². The predicted molar refractivity (Wildman–Crippen MR) is 76.6 cm³/mol. The molecule has 1 aromatic carbocycles. The smallest absolute Gasteiger partial charge is 0.125 e. The van der Waals surface area contributed by atoms with Crippen LogP contribution in [0.15, 0.2) is 30.6 Å². The van der Waals surface area contributed by atoms with Crippen LogP contribution in [0.4, 0.5) is 0 Å². The van der Waals surface area contributed by atoms with E-state index in [0.29, 0.717) is 13.2 Å². The molecule has 1 N–H and O–H groups in total. The summed E-state index contributed by atoms with van der Waals surface area (Å²) < 4.78 is 7.82. The molecule has 0 aliphatic heterocycles. The van der Waals surface area contributed by atoms with Crippen LogP contribution in [0.1, 0.15) is 11.4 Å². The highest BCUT2D eigenvalue weighted by molar-refractivity contribution is 6.31. The van der Waals surface area contributed by atoms with Gasteiger partial charge in [0.25, 0.3) is 0 Å². The summed E-state index contributed by atoms with van der Waals surface area (Å²) >= 11 is 6.18. The van der Waals surface area contributed by atoms with Crippen molar-refractivity contribution in [2.75, 3.05) is 13.7 Å². The summed E-state index contributed by atoms with van der Waals surface area (Å²) in [6.45, 7) is 1.28. The molecule has 102 valence electrons. The Balaban J connectivity index is 1.99. The number of ether oxygens (including phenoxy) is 1. The van der Waals surface area contributed by atoms with Crippen LogP contribution in [0.3, 0.4) is 0 Å². The zero-order valence-electron chi connectivity index (χ0n) is 11.2. The number of imidazole rings is 1. The lowest BCUT2D eigenvalue weighted by molar-refractivity contribution is 0.314. The molecule has 2 aromatic rings. The quantitative estimate of drug-likeness (QED) is 0.883. The third-order valence-electron chi connectivity index (χ3n) is 2.93. The van der Waals surface area contributed by atoms with E-state index in [9.17, 15) is 0 Å². The number of aromatic nitrogens is 2. The summed E-state index contributed by atoms with van der Waals surface area (Å²) in [6, 6.07) is 5.72. The maximum atomic E-state index is 6.18. The van der Waals surface area contributed by atoms with Gasteiger partial charge in [-0.15, -0.1) is 0 Å². The van der Waals surface area contributed by atoms with Crippen molar-refractivity contribution in [1.82, 2.24) is 14.9 Å². The van der Waals surface area contributed by atoms with E-state index in [4.69, 9.17) is 16.3 Å². The third kappa shape index (κ3) is 3.49. The number of aryl methyl sites for hydroxylation is 1. The Morgan fingerprint density at radius 3 is 2.95 bits per heavy atom. The fourth-order valence-corrected chi connectivity index (χ4v) is 2.14. The van der Waals surface area contributed by atoms with E-state index in [0.717, 1.165) is 28.6 Å². The molecule has 0 bridgehead atoms. The van der Waals surface area contributed by atoms with Crippen LogP contribution in [0.2, 0.25) is 5.02 Å². The molecule has 0 aliphatic rings. The van der Waals surface area contributed by atoms with Gasteiger partial charge in [0.05, 0.1) is 6.61 Å². The first kappa shape index (κ1) is 13.9. The molecule has 0 amide bonds. The largest absolute Gasteiger partial charge is 0.493 e. The van der Waals surface area contributed by atoms with Crippen LogP contribution in [0, 0.1) is 0 Å². The summed E-state index contributed by atoms with van der Waals surface area (Å²) in [6.07, 6.45) is 4.50. The monoisotopic (exact) mass is 279 g/mol. The molecule has 1 heterocycles. The predicted octanol–water partition coefficient (Wildman–Crippen LogP) is 2.41. The van der Waals surface area contributed by atoms with Crippen LogP contribution >= 0.6 is 11.6 Å². The van der Waals surface area contributed by atoms with Crippen molar-refractivity contribution >= 4 is 11.6 Å². The molecule has 1 aromatic heterocycles. The normalized spacial score (nSPS) is 10.7. The molecule has 0 atom stereocenters. The summed E-state index contributed by atoms with van der Waals surface area (Å²) in [5.41, 5.74) is 0.992. The van der Waals surface area contributed by atoms with Crippen LogP contribution in [0.25, 0.3) is 0 Å². The van der Waals surface area contributed by atoms with Crippen molar-refractivity contribution in [3.63, 3.8) is 0 Å². The number of hydrogen-bond acceptors (Lipinski definition) is 3. The van der Waals surface area contributed by atoms with Gasteiger partial charge in [0.15, 0.2) is 0 Å². The Kier molecular flexibility index (Phi) is 4.82. The first-order chi connectivity index (χ1) is 9.22. The average Bonchev–Trinajstić information content (AvgIpc) is 2.79. The number of hydrogen-bond donors (Lipinski definition) is 1. The summed E-state index contributed by atoms with van der Waals surface area (Å²) in [4.78, 5) is 4.27. The van der Waals surface area contributed by atoms with Gasteiger partial charge in [-0.1, -0.05) is 17.7 Å². The van der Waals surface area contributed by atoms with E-state index in [1.165, 1.54) is 0 Å². The molecule has 5 heteroatoms. The van der Waals surface area contributed by atoms with E-state index in [-0.39, 0.29) is 0 Å². The lowest BCUT2D eigenvalue weighted by atomic mass is 10.2. The highest BCUT2D eigenvalue weighted by Crippen LogP contribution is 2.26. The minimum atomic E-state index is 0.585. The van der Waals surface area contributed by atoms with Crippen LogP contribution < -0.4 is 10.1 Å². The molecule has 2 rings (SSSR count). The lowest BCUT2D eigenvalue weighted by Crippen LogP contribution is -2.10. The van der Waals surface area contributed by atoms with Crippen molar-refractivity contribution in [1.29, 1.82) is 0 Å². The minimum absolute atomic E-state index is 0.585. The lowest BCUT2D eigenvalue weighted by Gasteiger charge is -2.12. The Bertz CT molecular complexity index is 539. The topological polar surface area (TPSA) is 39.1 Å². The fraction of sp³-hybridized carbons (Fsp3) is 0.357. The van der Waals surface area contributed by atoms with Gasteiger partial charge in [0.1, 0.15) is 11.6 Å². The van der Waals surface area contributed by atoms with Gasteiger partial charge >= 0.3 is 0 Å². The molecule has 19 heavy (non-hydrogen) atoms. The number of nitrogens with zero attached hydrogens (tertiary/aromatic N) is 2. The van der Waals surface area contributed by atoms with Crippen LogP contribution in [-0.2, 0) is 20.0 Å². The highest BCUT2D eigenvalue weighted by Gasteiger charge is 2.08. The number of rotatable bonds is 6. The van der Waals surface area contributed by atoms with Crippen molar-refractivity contribution in [2.45, 2.75) is 13.0 Å². The SMILES string of the molecule is CNCc1c(Cl)cccc1OCCc1nccn1C. The Morgan fingerprint density at radius 2 is 2.26 bits per heavy atom. The number of halogens is 1. The summed E-state index contributed by atoms with van der Waals surface area (Å²) in [5, 5.41) is 3.82. The molecule has 0 unspecified atom stereocenters. The van der Waals surface area contributed by atoms with Gasteiger partial charge in [-0.3, -0.25) is 0 Å². The Labute approximate surface area is 118 Å². The summed E-state index contributed by atoms with van der Waals surface area (Å²) in [5.74, 6) is 1.84. The average molecular weight is 280 g/mol. The van der Waals surface area contributed by atoms with E-state index in [2.05, 4.69) is 10.3 Å². The first-order valence-electron chi connectivity index (χ1n) is 6.23. The van der Waals surface area contributed by atoms with Crippen molar-refractivity contribution in [3.8, 4) is 5.75 Å². The van der Waals surface area contributed by atoms with Crippen molar-refractivity contribution < 1.29 is 4.74 Å². The van der Waals surface area contributed by atoms with E-state index >= 15 is 0 Å². The first-order valence-corrected chi connectivity index (χ1v) is 6.61. The molecule has 4 nitrogen and oxygen atoms in total. The second kappa shape index (κ2) is 6.59. The fourth-order valence-electron chi connectivity index (χ4n) is 1.91. The van der Waals surface area contributed by atoms with Gasteiger partial charge in [-0.2, -0.15) is 0 Å². The molecule has 0 radical (unpaired) electrons. The molecule has 0 aliphatic carbocycles. The van der Waals surface area contributed by atoms with Crippen LogP contribution in [-0.4, -0.2) is 23.2 Å². The maximum absolute atomic E-state index is 6.18. The zero-order chi connectivity index (χ0) is 13.7. The summed E-state index contributed by atoms with van der Waals surface area (Å²) in [7, 11) is 3.87. The minimum Gasteiger partial charge on any atom is -0.493 e. The standard InChI is InChI=1S/C14H18ClN3O/c1-16-10-11-12(15)4-3-5-13(11)19-9-6-14-17-7-8-18(14)2/h3-5,7-8,16H,6,9-10H2,1-2H3. The molecular formula is C14H18ClN3O. The molecular weight excluding hydrogens is 262 g/mol. The molecule has 0 saturated heterocycles. The maximum Gasteiger partial charge on any atom is 0.125 e. The van der Waals surface area contributed by atoms with Gasteiger partial charge in [-0.05, 0) is 19.2 Å². The third-order valence-corrected chi connectivity index (χ3v) is 3.29. The van der Waals surface area contributed by atoms with Crippen molar-refractivity contribution in [2.24, 2.45) is 7.05 Å². The van der Waals surface area contributed by atoms with Gasteiger partial charge in [-0.25, -0.2) is 4.98 Å². The van der Waals surface area contributed by atoms with E-state index in [1.54, 1.807) is 6.20 Å². The van der Waals surface area contributed by atoms with Crippen molar-refractivity contribution in [3.05, 3.63) is 47.0 Å². The Morgan fingerprint density at radius 1 is 1.42 bits per heavy atom. The van der Waals surface area contributed by atoms with Gasteiger partial charge < -0.3 is 14.6 Å². The Hall–Kier alpha value is -1.52. The van der Waals surface area contributed by atoms with E-state index < -0.39 is 0 Å². The molecule has 0 fully saturated rings. The van der Waals surface area contributed by atoms with Crippen LogP contribution in [0.5, 0.6) is 5.75 Å². The zero-order valence-corrected chi connectivity index (χ0v) is 11.9. The highest BCUT2D eigenvalue weighted by atomic mass is 35.5. The number of nitrogens with one attached hydrogen (secondary N) is 1. The number of benzene rings is 1. The van der Waals surface area contributed by atoms with Gasteiger partial charge in [0, 0.05) is 43.0 Å². The second-order valence-corrected chi connectivity index (χ2v) is 4.71. The second-order valence-electron chi connectivity index (χ2n) is 4.30. The molecule has 0 saturated carbocycles. The molecule has 0 spiro atoms.